The third-order valence-electron chi connectivity index (χ3n) is 13.3. The van der Waals surface area contributed by atoms with E-state index in [1.165, 1.54) is 97.7 Å². The molecule has 0 radical (unpaired) electrons. The first kappa shape index (κ1) is 34.4. The van der Waals surface area contributed by atoms with Gasteiger partial charge in [0, 0.05) is 36.8 Å². The largest absolute Gasteiger partial charge is 0.309 e. The highest BCUT2D eigenvalue weighted by Crippen LogP contribution is 2.63. The third kappa shape index (κ3) is 4.94. The predicted octanol–water partition coefficient (Wildman–Crippen LogP) is 16.4. The number of hydrogen-bond donors (Lipinski definition) is 0. The average molecular weight is 792 g/mol. The minimum atomic E-state index is -0.373. The van der Waals surface area contributed by atoms with Crippen LogP contribution in [0.2, 0.25) is 0 Å². The Kier molecular flexibility index (Phi) is 7.46. The van der Waals surface area contributed by atoms with Crippen LogP contribution in [-0.4, -0.2) is 0 Å². The van der Waals surface area contributed by atoms with Gasteiger partial charge in [-0.25, -0.2) is 0 Å². The van der Waals surface area contributed by atoms with Gasteiger partial charge in [-0.15, -0.1) is 11.3 Å². The Morgan fingerprint density at radius 1 is 0.311 bits per heavy atom. The summed E-state index contributed by atoms with van der Waals surface area (Å²) in [7, 11) is 0. The highest BCUT2D eigenvalue weighted by atomic mass is 32.1. The van der Waals surface area contributed by atoms with Crippen LogP contribution >= 0.6 is 11.3 Å². The molecule has 0 aliphatic heterocycles. The van der Waals surface area contributed by atoms with Crippen molar-refractivity contribution in [1.82, 2.24) is 0 Å². The second kappa shape index (κ2) is 13.2. The average Bonchev–Trinajstić information content (AvgIpc) is 3.96. The molecule has 1 heterocycles. The Hall–Kier alpha value is -7.52. The van der Waals surface area contributed by atoms with E-state index >= 15 is 0 Å². The van der Waals surface area contributed by atoms with Gasteiger partial charge in [0.25, 0.3) is 0 Å². The molecular weight excluding hydrogens is 755 g/mol. The lowest BCUT2D eigenvalue weighted by Crippen LogP contribution is -2.25. The van der Waals surface area contributed by atoms with Gasteiger partial charge in [-0.05, 0) is 115 Å². The minimum Gasteiger partial charge on any atom is -0.309 e. The third-order valence-corrected chi connectivity index (χ3v) is 14.4. The van der Waals surface area contributed by atoms with Gasteiger partial charge in [0.1, 0.15) is 0 Å². The first-order valence-electron chi connectivity index (χ1n) is 21.1. The molecule has 2 aliphatic carbocycles. The van der Waals surface area contributed by atoms with Gasteiger partial charge in [0.05, 0.1) is 16.8 Å². The highest BCUT2D eigenvalue weighted by molar-refractivity contribution is 7.25. The molecule has 1 spiro atoms. The summed E-state index contributed by atoms with van der Waals surface area (Å²) in [6.45, 7) is 0. The zero-order chi connectivity index (χ0) is 40.1. The zero-order valence-electron chi connectivity index (χ0n) is 33.2. The van der Waals surface area contributed by atoms with Crippen molar-refractivity contribution in [3.8, 4) is 44.5 Å². The van der Waals surface area contributed by atoms with Gasteiger partial charge in [0.15, 0.2) is 0 Å². The van der Waals surface area contributed by atoms with E-state index in [0.29, 0.717) is 0 Å². The van der Waals surface area contributed by atoms with Crippen LogP contribution in [-0.2, 0) is 5.41 Å². The predicted molar refractivity (Wildman–Crippen MR) is 259 cm³/mol. The summed E-state index contributed by atoms with van der Waals surface area (Å²) in [4.78, 5) is 2.46. The molecule has 2 heteroatoms. The molecule has 13 rings (SSSR count). The van der Waals surface area contributed by atoms with E-state index in [1.807, 2.05) is 11.3 Å². The molecule has 0 saturated heterocycles. The highest BCUT2D eigenvalue weighted by Gasteiger charge is 2.51. The molecule has 61 heavy (non-hydrogen) atoms. The van der Waals surface area contributed by atoms with E-state index in [0.717, 1.165) is 17.1 Å². The summed E-state index contributed by atoms with van der Waals surface area (Å²) in [6, 6.07) is 83.5. The number of thiophene rings is 1. The molecule has 11 aromatic rings. The lowest BCUT2D eigenvalue weighted by molar-refractivity contribution is 0.794. The maximum atomic E-state index is 2.48. The number of benzene rings is 10. The smallest absolute Gasteiger partial charge is 0.0725 e. The fourth-order valence-corrected chi connectivity index (χ4v) is 11.8. The summed E-state index contributed by atoms with van der Waals surface area (Å²) in [5, 5.41) is 5.04. The number of hydrogen-bond acceptors (Lipinski definition) is 2. The van der Waals surface area contributed by atoms with Crippen LogP contribution in [0.25, 0.3) is 75.5 Å². The van der Waals surface area contributed by atoms with Crippen LogP contribution in [0.3, 0.4) is 0 Å². The van der Waals surface area contributed by atoms with Crippen molar-refractivity contribution in [2.75, 3.05) is 4.90 Å². The zero-order valence-corrected chi connectivity index (χ0v) is 34.0. The van der Waals surface area contributed by atoms with Crippen molar-refractivity contribution >= 4 is 59.3 Å². The van der Waals surface area contributed by atoms with Crippen molar-refractivity contribution < 1.29 is 0 Å². The fraction of sp³-hybridized carbons (Fsp3) is 0.0169. The first-order valence-corrected chi connectivity index (χ1v) is 21.9. The Morgan fingerprint density at radius 2 is 0.836 bits per heavy atom. The summed E-state index contributed by atoms with van der Waals surface area (Å²) in [5.41, 5.74) is 18.6. The molecule has 0 atom stereocenters. The monoisotopic (exact) mass is 791 g/mol. The van der Waals surface area contributed by atoms with Crippen molar-refractivity contribution in [3.63, 3.8) is 0 Å². The van der Waals surface area contributed by atoms with E-state index in [9.17, 15) is 0 Å². The van der Waals surface area contributed by atoms with Gasteiger partial charge in [-0.1, -0.05) is 176 Å². The van der Waals surface area contributed by atoms with Crippen LogP contribution < -0.4 is 4.90 Å². The van der Waals surface area contributed by atoms with Crippen LogP contribution in [0.5, 0.6) is 0 Å². The molecule has 10 aromatic carbocycles. The number of anilines is 3. The Balaban J connectivity index is 0.972. The quantitative estimate of drug-likeness (QED) is 0.168. The SMILES string of the molecule is c1ccc(N(c2ccc(-c3ccc4c(c3)C3(c5ccccc5-c5ccccc53)c3ccccc3-4)cc2)c2cccc3ccccc23)c(-c2ccc3sc4ccccc4c3c2)c1. The Bertz CT molecular complexity index is 3490. The maximum Gasteiger partial charge on any atom is 0.0725 e. The number of fused-ring (bicyclic) bond motifs is 14. The molecule has 0 fully saturated rings. The van der Waals surface area contributed by atoms with E-state index in [1.54, 1.807) is 0 Å². The Labute approximate surface area is 359 Å². The fourth-order valence-electron chi connectivity index (χ4n) is 10.7. The second-order valence-corrected chi connectivity index (χ2v) is 17.4. The lowest BCUT2D eigenvalue weighted by atomic mass is 9.70. The molecule has 0 amide bonds. The summed E-state index contributed by atoms with van der Waals surface area (Å²) in [6.07, 6.45) is 0. The number of nitrogens with zero attached hydrogens (tertiary/aromatic N) is 1. The molecule has 284 valence electrons. The molecule has 1 nitrogen and oxygen atoms in total. The maximum absolute atomic E-state index is 2.48. The molecule has 2 aliphatic rings. The normalized spacial score (nSPS) is 13.0. The molecular formula is C59H37NS. The van der Waals surface area contributed by atoms with Crippen LogP contribution in [0, 0.1) is 0 Å². The molecule has 0 unspecified atom stereocenters. The summed E-state index contributed by atoms with van der Waals surface area (Å²) >= 11 is 1.86. The number of rotatable bonds is 5. The van der Waals surface area contributed by atoms with Gasteiger partial charge in [0.2, 0.25) is 0 Å². The molecule has 0 saturated carbocycles. The van der Waals surface area contributed by atoms with E-state index < -0.39 is 0 Å². The van der Waals surface area contributed by atoms with Crippen molar-refractivity contribution in [2.24, 2.45) is 0 Å². The first-order chi connectivity index (χ1) is 30.3. The minimum absolute atomic E-state index is 0.373. The van der Waals surface area contributed by atoms with Gasteiger partial charge >= 0.3 is 0 Å². The van der Waals surface area contributed by atoms with Gasteiger partial charge in [-0.2, -0.15) is 0 Å². The number of para-hydroxylation sites is 1. The molecule has 0 N–H and O–H groups in total. The summed E-state index contributed by atoms with van der Waals surface area (Å²) < 4.78 is 2.63. The van der Waals surface area contributed by atoms with Crippen LogP contribution in [0.4, 0.5) is 17.1 Å². The van der Waals surface area contributed by atoms with Crippen molar-refractivity contribution in [2.45, 2.75) is 5.41 Å². The topological polar surface area (TPSA) is 3.24 Å². The Morgan fingerprint density at radius 3 is 1.57 bits per heavy atom. The van der Waals surface area contributed by atoms with Crippen molar-refractivity contribution in [1.29, 1.82) is 0 Å². The lowest BCUT2D eigenvalue weighted by Gasteiger charge is -2.31. The van der Waals surface area contributed by atoms with Crippen LogP contribution in [0.1, 0.15) is 22.3 Å². The van der Waals surface area contributed by atoms with Crippen molar-refractivity contribution in [3.05, 3.63) is 247 Å². The van der Waals surface area contributed by atoms with E-state index in [2.05, 4.69) is 229 Å². The standard InChI is InChI=1S/C59H37NS/c1-2-16-43-39(14-1)15-13-26-56(43)60(55-25-11-6-17-44(55)41-31-35-58-50(36-41)49-21-7-12-27-57(49)61-58)42-32-28-38(29-33-42)40-30-34-48-47-20-5-10-24-53(47)59(54(48)37-40)51-22-8-3-18-45(51)46-19-4-9-23-52(46)59/h1-37H. The van der Waals surface area contributed by atoms with Gasteiger partial charge in [-0.3, -0.25) is 0 Å². The van der Waals surface area contributed by atoms with Gasteiger partial charge < -0.3 is 4.90 Å². The van der Waals surface area contributed by atoms with Crippen LogP contribution in [0.15, 0.2) is 224 Å². The molecule has 1 aromatic heterocycles. The summed E-state index contributed by atoms with van der Waals surface area (Å²) in [5.74, 6) is 0. The van der Waals surface area contributed by atoms with E-state index in [-0.39, 0.29) is 5.41 Å². The molecule has 0 bridgehead atoms. The van der Waals surface area contributed by atoms with E-state index in [4.69, 9.17) is 0 Å². The second-order valence-electron chi connectivity index (χ2n) is 16.4.